The van der Waals surface area contributed by atoms with E-state index >= 15 is 0 Å². The molecule has 23 heavy (non-hydrogen) atoms. The number of nitriles is 1. The lowest BCUT2D eigenvalue weighted by Crippen LogP contribution is -1.95. The lowest BCUT2D eigenvalue weighted by atomic mass is 10.0. The number of benzene rings is 2. The molecule has 2 aromatic carbocycles. The van der Waals surface area contributed by atoms with Gasteiger partial charge in [-0.3, -0.25) is 0 Å². The van der Waals surface area contributed by atoms with E-state index in [9.17, 15) is 9.65 Å². The van der Waals surface area contributed by atoms with Crippen LogP contribution in [0.25, 0.3) is 11.6 Å². The lowest BCUT2D eigenvalue weighted by molar-refractivity contribution is 0.324. The zero-order chi connectivity index (χ0) is 16.8. The van der Waals surface area contributed by atoms with Gasteiger partial charge in [0, 0.05) is 0 Å². The van der Waals surface area contributed by atoms with Gasteiger partial charge in [-0.15, -0.1) is 0 Å². The van der Waals surface area contributed by atoms with Crippen LogP contribution in [0.4, 0.5) is 4.39 Å². The smallest absolute Gasteiger partial charge is 0.203 e. The van der Waals surface area contributed by atoms with Crippen LogP contribution in [0.15, 0.2) is 36.4 Å². The average molecular weight is 313 g/mol. The Morgan fingerprint density at radius 2 is 1.70 bits per heavy atom. The highest BCUT2D eigenvalue weighted by molar-refractivity contribution is 5.90. The van der Waals surface area contributed by atoms with Gasteiger partial charge < -0.3 is 14.2 Å². The van der Waals surface area contributed by atoms with Crippen LogP contribution in [0.5, 0.6) is 17.2 Å². The number of ether oxygens (including phenoxy) is 3. The molecule has 0 amide bonds. The minimum atomic E-state index is -0.395. The van der Waals surface area contributed by atoms with Crippen molar-refractivity contribution >= 4 is 11.6 Å². The molecular weight excluding hydrogens is 297 g/mol. The van der Waals surface area contributed by atoms with Crippen LogP contribution in [0.2, 0.25) is 0 Å². The van der Waals surface area contributed by atoms with Gasteiger partial charge in [-0.25, -0.2) is 4.39 Å². The molecule has 118 valence electrons. The molecule has 0 fully saturated rings. The first-order valence-electron chi connectivity index (χ1n) is 6.80. The van der Waals surface area contributed by atoms with Crippen LogP contribution in [0, 0.1) is 17.1 Å². The zero-order valence-corrected chi connectivity index (χ0v) is 13.1. The largest absolute Gasteiger partial charge is 0.493 e. The Kier molecular flexibility index (Phi) is 5.21. The van der Waals surface area contributed by atoms with Crippen LogP contribution < -0.4 is 14.2 Å². The molecule has 0 aliphatic carbocycles. The Bertz CT molecular complexity index is 753. The molecule has 0 unspecified atom stereocenters. The van der Waals surface area contributed by atoms with Crippen molar-refractivity contribution in [2.75, 3.05) is 21.3 Å². The first kappa shape index (κ1) is 16.4. The summed E-state index contributed by atoms with van der Waals surface area (Å²) >= 11 is 0. The Hall–Kier alpha value is -3.00. The first-order chi connectivity index (χ1) is 11.1. The fraction of sp³-hybridized carbons (Fsp3) is 0.167. The van der Waals surface area contributed by atoms with Gasteiger partial charge in [-0.2, -0.15) is 5.26 Å². The molecule has 0 atom stereocenters. The molecule has 0 N–H and O–H groups in total. The summed E-state index contributed by atoms with van der Waals surface area (Å²) in [7, 11) is 4.55. The van der Waals surface area contributed by atoms with Crippen LogP contribution >= 0.6 is 0 Å². The summed E-state index contributed by atoms with van der Waals surface area (Å²) in [6, 6.07) is 11.4. The molecule has 0 aliphatic rings. The Labute approximate surface area is 134 Å². The molecule has 0 spiro atoms. The van der Waals surface area contributed by atoms with E-state index in [1.54, 1.807) is 30.3 Å². The second kappa shape index (κ2) is 7.32. The van der Waals surface area contributed by atoms with E-state index in [4.69, 9.17) is 14.2 Å². The molecular formula is C18H16FNO3. The van der Waals surface area contributed by atoms with Crippen LogP contribution in [0.3, 0.4) is 0 Å². The normalized spacial score (nSPS) is 10.8. The Morgan fingerprint density at radius 3 is 2.17 bits per heavy atom. The van der Waals surface area contributed by atoms with E-state index in [2.05, 4.69) is 6.07 Å². The maximum atomic E-state index is 13.3. The average Bonchev–Trinajstić information content (AvgIpc) is 2.58. The van der Waals surface area contributed by atoms with Gasteiger partial charge >= 0.3 is 0 Å². The van der Waals surface area contributed by atoms with Crippen molar-refractivity contribution in [2.24, 2.45) is 0 Å². The Balaban J connectivity index is 2.54. The minimum absolute atomic E-state index is 0.332. The summed E-state index contributed by atoms with van der Waals surface area (Å²) in [5.41, 5.74) is 1.51. The summed E-state index contributed by atoms with van der Waals surface area (Å²) in [6.07, 6.45) is 1.64. The third-order valence-electron chi connectivity index (χ3n) is 3.25. The van der Waals surface area contributed by atoms with Crippen LogP contribution in [0.1, 0.15) is 11.1 Å². The van der Waals surface area contributed by atoms with Crippen molar-refractivity contribution < 1.29 is 18.6 Å². The number of halogens is 1. The fourth-order valence-corrected chi connectivity index (χ4v) is 2.19. The molecule has 0 saturated carbocycles. The number of allylic oxidation sites excluding steroid dienone is 1. The van der Waals surface area contributed by atoms with Gasteiger partial charge in [0.1, 0.15) is 5.82 Å². The van der Waals surface area contributed by atoms with Gasteiger partial charge in [0.15, 0.2) is 11.5 Å². The fourth-order valence-electron chi connectivity index (χ4n) is 2.19. The Morgan fingerprint density at radius 1 is 1.04 bits per heavy atom. The standard InChI is InChI=1S/C18H16FNO3/c1-21-16-8-12(9-17(22-2)18(16)23-3)7-14(11-20)13-5-4-6-15(19)10-13/h4-10H,1-3H3/b14-7-. The predicted molar refractivity (Wildman–Crippen MR) is 86.0 cm³/mol. The summed E-state index contributed by atoms with van der Waals surface area (Å²) in [6.45, 7) is 0. The number of hydrogen-bond donors (Lipinski definition) is 0. The van der Waals surface area contributed by atoms with E-state index in [1.165, 1.54) is 33.5 Å². The predicted octanol–water partition coefficient (Wildman–Crippen LogP) is 3.92. The number of nitrogens with zero attached hydrogens (tertiary/aromatic N) is 1. The van der Waals surface area contributed by atoms with Crippen molar-refractivity contribution in [3.05, 3.63) is 53.3 Å². The topological polar surface area (TPSA) is 51.5 Å². The lowest BCUT2D eigenvalue weighted by Gasteiger charge is -2.13. The molecule has 0 saturated heterocycles. The van der Waals surface area contributed by atoms with Gasteiger partial charge in [0.25, 0.3) is 0 Å². The molecule has 4 nitrogen and oxygen atoms in total. The van der Waals surface area contributed by atoms with Gasteiger partial charge in [0.2, 0.25) is 5.75 Å². The summed E-state index contributed by atoms with van der Waals surface area (Å²) < 4.78 is 29.2. The summed E-state index contributed by atoms with van der Waals surface area (Å²) in [4.78, 5) is 0. The molecule has 0 radical (unpaired) electrons. The van der Waals surface area contributed by atoms with E-state index in [1.807, 2.05) is 0 Å². The van der Waals surface area contributed by atoms with E-state index in [-0.39, 0.29) is 0 Å². The molecule has 2 rings (SSSR count). The van der Waals surface area contributed by atoms with Crippen molar-refractivity contribution in [3.8, 4) is 23.3 Å². The molecule has 5 heteroatoms. The molecule has 0 heterocycles. The van der Waals surface area contributed by atoms with Crippen LogP contribution in [-0.2, 0) is 0 Å². The van der Waals surface area contributed by atoms with E-state index in [0.29, 0.717) is 33.9 Å². The van der Waals surface area contributed by atoms with Crippen molar-refractivity contribution in [2.45, 2.75) is 0 Å². The number of methoxy groups -OCH3 is 3. The molecule has 0 aliphatic heterocycles. The quantitative estimate of drug-likeness (QED) is 0.620. The van der Waals surface area contributed by atoms with E-state index in [0.717, 1.165) is 0 Å². The van der Waals surface area contributed by atoms with Gasteiger partial charge in [-0.1, -0.05) is 12.1 Å². The second-order valence-electron chi connectivity index (χ2n) is 4.64. The van der Waals surface area contributed by atoms with Crippen LogP contribution in [-0.4, -0.2) is 21.3 Å². The van der Waals surface area contributed by atoms with Gasteiger partial charge in [0.05, 0.1) is 33.0 Å². The molecule has 0 bridgehead atoms. The third-order valence-corrected chi connectivity index (χ3v) is 3.25. The van der Waals surface area contributed by atoms with Crippen molar-refractivity contribution in [3.63, 3.8) is 0 Å². The third kappa shape index (κ3) is 3.61. The SMILES string of the molecule is COc1cc(/C=C(/C#N)c2cccc(F)c2)cc(OC)c1OC. The second-order valence-corrected chi connectivity index (χ2v) is 4.64. The number of hydrogen-bond acceptors (Lipinski definition) is 4. The minimum Gasteiger partial charge on any atom is -0.493 e. The maximum Gasteiger partial charge on any atom is 0.203 e. The highest BCUT2D eigenvalue weighted by Crippen LogP contribution is 2.39. The summed E-state index contributed by atoms with van der Waals surface area (Å²) in [5, 5.41) is 9.36. The highest BCUT2D eigenvalue weighted by Gasteiger charge is 2.13. The monoisotopic (exact) mass is 313 g/mol. The molecule has 2 aromatic rings. The number of rotatable bonds is 5. The molecule has 0 aromatic heterocycles. The first-order valence-corrected chi connectivity index (χ1v) is 6.80. The summed E-state index contributed by atoms with van der Waals surface area (Å²) in [5.74, 6) is 1.04. The highest BCUT2D eigenvalue weighted by atomic mass is 19.1. The zero-order valence-electron chi connectivity index (χ0n) is 13.1. The van der Waals surface area contributed by atoms with Gasteiger partial charge in [-0.05, 0) is 41.5 Å². The van der Waals surface area contributed by atoms with Crippen molar-refractivity contribution in [1.82, 2.24) is 0 Å². The van der Waals surface area contributed by atoms with Crippen molar-refractivity contribution in [1.29, 1.82) is 5.26 Å². The maximum absolute atomic E-state index is 13.3. The van der Waals surface area contributed by atoms with E-state index < -0.39 is 5.82 Å².